The van der Waals surface area contributed by atoms with Crippen LogP contribution >= 0.6 is 0 Å². The average Bonchev–Trinajstić information content (AvgIpc) is 2.27. The number of nitrogens with zero attached hydrogens (tertiary/aromatic N) is 2. The van der Waals surface area contributed by atoms with E-state index in [1.807, 2.05) is 19.4 Å². The Hall–Kier alpha value is -1.09. The molecular weight excluding hydrogens is 186 g/mol. The number of unbranched alkanes of at least 4 members (excludes halogenated alkanes) is 1. The van der Waals surface area contributed by atoms with Crippen LogP contribution in [0.15, 0.2) is 18.5 Å². The van der Waals surface area contributed by atoms with Gasteiger partial charge in [-0.3, -0.25) is 4.98 Å². The summed E-state index contributed by atoms with van der Waals surface area (Å²) < 4.78 is 0. The van der Waals surface area contributed by atoms with E-state index in [1.54, 1.807) is 0 Å². The first-order valence-corrected chi connectivity index (χ1v) is 5.58. The van der Waals surface area contributed by atoms with E-state index in [2.05, 4.69) is 35.2 Å². The molecule has 3 heteroatoms. The third kappa shape index (κ3) is 3.51. The summed E-state index contributed by atoms with van der Waals surface area (Å²) in [4.78, 5) is 6.47. The molecule has 1 heterocycles. The maximum Gasteiger partial charge on any atom is 0.0595 e. The molecule has 0 fully saturated rings. The summed E-state index contributed by atoms with van der Waals surface area (Å²) in [6.07, 6.45) is 6.25. The highest BCUT2D eigenvalue weighted by molar-refractivity contribution is 5.50. The summed E-state index contributed by atoms with van der Waals surface area (Å²) in [6, 6.07) is 2.08. The molecule has 0 aliphatic carbocycles. The van der Waals surface area contributed by atoms with Gasteiger partial charge < -0.3 is 10.2 Å². The number of anilines is 1. The van der Waals surface area contributed by atoms with Crippen molar-refractivity contribution in [2.45, 2.75) is 26.3 Å². The fraction of sp³-hybridized carbons (Fsp3) is 0.583. The van der Waals surface area contributed by atoms with E-state index < -0.39 is 0 Å². The van der Waals surface area contributed by atoms with E-state index in [0.29, 0.717) is 0 Å². The predicted octanol–water partition coefficient (Wildman–Crippen LogP) is 2.04. The molecule has 15 heavy (non-hydrogen) atoms. The van der Waals surface area contributed by atoms with Gasteiger partial charge >= 0.3 is 0 Å². The van der Waals surface area contributed by atoms with Gasteiger partial charge in [-0.25, -0.2) is 0 Å². The van der Waals surface area contributed by atoms with Gasteiger partial charge in [0.1, 0.15) is 0 Å². The molecule has 3 nitrogen and oxygen atoms in total. The number of rotatable bonds is 6. The van der Waals surface area contributed by atoms with Crippen LogP contribution in [0.2, 0.25) is 0 Å². The lowest BCUT2D eigenvalue weighted by Gasteiger charge is -2.21. The van der Waals surface area contributed by atoms with Crippen LogP contribution in [0.4, 0.5) is 5.69 Å². The van der Waals surface area contributed by atoms with E-state index in [1.165, 1.54) is 24.1 Å². The smallest absolute Gasteiger partial charge is 0.0595 e. The first-order valence-electron chi connectivity index (χ1n) is 5.58. The Balaban J connectivity index is 2.72. The lowest BCUT2D eigenvalue weighted by molar-refractivity contribution is 0.753. The van der Waals surface area contributed by atoms with Crippen molar-refractivity contribution in [2.75, 3.05) is 25.5 Å². The van der Waals surface area contributed by atoms with Crippen LogP contribution in [0, 0.1) is 0 Å². The first kappa shape index (κ1) is 12.0. The molecule has 0 aliphatic rings. The Morgan fingerprint density at radius 1 is 1.47 bits per heavy atom. The molecule has 1 rings (SSSR count). The van der Waals surface area contributed by atoms with Gasteiger partial charge in [0.25, 0.3) is 0 Å². The lowest BCUT2D eigenvalue weighted by Crippen LogP contribution is -2.21. The predicted molar refractivity (Wildman–Crippen MR) is 65.2 cm³/mol. The summed E-state index contributed by atoms with van der Waals surface area (Å²) in [5.74, 6) is 0. The van der Waals surface area contributed by atoms with Crippen molar-refractivity contribution >= 4 is 5.69 Å². The van der Waals surface area contributed by atoms with Gasteiger partial charge in [0.05, 0.1) is 11.9 Å². The third-order valence-corrected chi connectivity index (χ3v) is 2.51. The van der Waals surface area contributed by atoms with Gasteiger partial charge in [0, 0.05) is 26.3 Å². The Kier molecular flexibility index (Phi) is 5.12. The van der Waals surface area contributed by atoms with Gasteiger partial charge in [-0.2, -0.15) is 0 Å². The van der Waals surface area contributed by atoms with Gasteiger partial charge in [-0.1, -0.05) is 13.3 Å². The molecule has 0 saturated heterocycles. The fourth-order valence-electron chi connectivity index (χ4n) is 1.61. The second-order valence-electron chi connectivity index (χ2n) is 3.81. The summed E-state index contributed by atoms with van der Waals surface area (Å²) in [6.45, 7) is 4.21. The zero-order valence-electron chi connectivity index (χ0n) is 9.95. The van der Waals surface area contributed by atoms with Crippen LogP contribution in [-0.2, 0) is 6.54 Å². The Labute approximate surface area is 92.5 Å². The third-order valence-electron chi connectivity index (χ3n) is 2.51. The SMILES string of the molecule is CCCCN(C)c1cnccc1CNC. The van der Waals surface area contributed by atoms with Crippen molar-refractivity contribution < 1.29 is 0 Å². The van der Waals surface area contributed by atoms with Crippen molar-refractivity contribution in [3.8, 4) is 0 Å². The van der Waals surface area contributed by atoms with Crippen LogP contribution in [0.25, 0.3) is 0 Å². The highest BCUT2D eigenvalue weighted by atomic mass is 15.1. The van der Waals surface area contributed by atoms with Crippen LogP contribution in [-0.4, -0.2) is 25.6 Å². The van der Waals surface area contributed by atoms with E-state index in [-0.39, 0.29) is 0 Å². The number of hydrogen-bond donors (Lipinski definition) is 1. The zero-order chi connectivity index (χ0) is 11.1. The number of pyridine rings is 1. The van der Waals surface area contributed by atoms with Crippen LogP contribution < -0.4 is 10.2 Å². The molecule has 1 N–H and O–H groups in total. The lowest BCUT2D eigenvalue weighted by atomic mass is 10.2. The maximum absolute atomic E-state index is 4.19. The summed E-state index contributed by atoms with van der Waals surface area (Å²) in [7, 11) is 4.10. The minimum absolute atomic E-state index is 0.897. The second kappa shape index (κ2) is 6.40. The van der Waals surface area contributed by atoms with Gasteiger partial charge in [0.15, 0.2) is 0 Å². The minimum Gasteiger partial charge on any atom is -0.373 e. The number of aromatic nitrogens is 1. The molecule has 0 saturated carbocycles. The molecule has 1 aromatic heterocycles. The molecule has 1 aromatic rings. The molecule has 0 unspecified atom stereocenters. The summed E-state index contributed by atoms with van der Waals surface area (Å²) in [5.41, 5.74) is 2.55. The van der Waals surface area contributed by atoms with Crippen LogP contribution in [0.3, 0.4) is 0 Å². The molecule has 0 aliphatic heterocycles. The highest BCUT2D eigenvalue weighted by Gasteiger charge is 2.05. The van der Waals surface area contributed by atoms with E-state index in [4.69, 9.17) is 0 Å². The summed E-state index contributed by atoms with van der Waals surface area (Å²) >= 11 is 0. The molecule has 0 spiro atoms. The molecule has 0 bridgehead atoms. The van der Waals surface area contributed by atoms with E-state index >= 15 is 0 Å². The van der Waals surface area contributed by atoms with Crippen LogP contribution in [0.1, 0.15) is 25.3 Å². The van der Waals surface area contributed by atoms with Crippen molar-refractivity contribution in [1.82, 2.24) is 10.3 Å². The molecule has 0 amide bonds. The number of nitrogens with one attached hydrogen (secondary N) is 1. The fourth-order valence-corrected chi connectivity index (χ4v) is 1.61. The maximum atomic E-state index is 4.19. The monoisotopic (exact) mass is 207 g/mol. The minimum atomic E-state index is 0.897. The molecule has 0 aromatic carbocycles. The normalized spacial score (nSPS) is 10.3. The Morgan fingerprint density at radius 3 is 2.93 bits per heavy atom. The van der Waals surface area contributed by atoms with Crippen molar-refractivity contribution in [1.29, 1.82) is 0 Å². The van der Waals surface area contributed by atoms with Gasteiger partial charge in [-0.15, -0.1) is 0 Å². The van der Waals surface area contributed by atoms with Crippen LogP contribution in [0.5, 0.6) is 0 Å². The molecular formula is C12H21N3. The summed E-state index contributed by atoms with van der Waals surface area (Å²) in [5, 5.41) is 3.18. The van der Waals surface area contributed by atoms with Gasteiger partial charge in [-0.05, 0) is 25.1 Å². The van der Waals surface area contributed by atoms with E-state index in [0.717, 1.165) is 13.1 Å². The van der Waals surface area contributed by atoms with Crippen molar-refractivity contribution in [3.05, 3.63) is 24.0 Å². The van der Waals surface area contributed by atoms with Crippen molar-refractivity contribution in [3.63, 3.8) is 0 Å². The second-order valence-corrected chi connectivity index (χ2v) is 3.81. The quantitative estimate of drug-likeness (QED) is 0.773. The largest absolute Gasteiger partial charge is 0.373 e. The first-order chi connectivity index (χ1) is 7.29. The number of hydrogen-bond acceptors (Lipinski definition) is 3. The molecule has 0 atom stereocenters. The standard InChI is InChI=1S/C12H21N3/c1-4-5-8-15(3)12-10-14-7-6-11(12)9-13-2/h6-7,10,13H,4-5,8-9H2,1-3H3. The average molecular weight is 207 g/mol. The zero-order valence-corrected chi connectivity index (χ0v) is 9.95. The molecule has 0 radical (unpaired) electrons. The highest BCUT2D eigenvalue weighted by Crippen LogP contribution is 2.17. The van der Waals surface area contributed by atoms with Gasteiger partial charge in [0.2, 0.25) is 0 Å². The molecule has 84 valence electrons. The topological polar surface area (TPSA) is 28.2 Å². The Morgan fingerprint density at radius 2 is 2.27 bits per heavy atom. The van der Waals surface area contributed by atoms with Crippen molar-refractivity contribution in [2.24, 2.45) is 0 Å². The Bertz CT molecular complexity index is 286. The van der Waals surface area contributed by atoms with E-state index in [9.17, 15) is 0 Å².